The van der Waals surface area contributed by atoms with Gasteiger partial charge in [0, 0.05) is 0 Å². The quantitative estimate of drug-likeness (QED) is 0.296. The highest BCUT2D eigenvalue weighted by molar-refractivity contribution is 5.18. The van der Waals surface area contributed by atoms with E-state index in [1.807, 2.05) is 0 Å². The van der Waals surface area contributed by atoms with Crippen LogP contribution in [0.2, 0.25) is 0 Å². The Balaban J connectivity index is 1.47. The van der Waals surface area contributed by atoms with Crippen molar-refractivity contribution in [1.29, 1.82) is 0 Å². The highest BCUT2D eigenvalue weighted by Gasteiger charge is 2.21. The van der Waals surface area contributed by atoms with E-state index in [-0.39, 0.29) is 23.8 Å². The summed E-state index contributed by atoms with van der Waals surface area (Å²) < 4.78 is 0. The lowest BCUT2D eigenvalue weighted by Crippen LogP contribution is -2.77. The molecular weight excluding hydrogens is 354 g/mol. The summed E-state index contributed by atoms with van der Waals surface area (Å²) in [6.07, 6.45) is 8.01. The van der Waals surface area contributed by atoms with Gasteiger partial charge in [0.15, 0.2) is 0 Å². The molecule has 15 nitrogen and oxygen atoms in total. The van der Waals surface area contributed by atoms with Crippen molar-refractivity contribution in [2.75, 3.05) is 0 Å². The van der Waals surface area contributed by atoms with Crippen LogP contribution in [-0.2, 0) is 0 Å². The SMILES string of the molecule is c1ncnc([NH+]c2ncnc([NH+]c3ncnc([NH+]c4ncncn4)n3)n2)n1. The fourth-order valence-corrected chi connectivity index (χ4v) is 1.74. The van der Waals surface area contributed by atoms with E-state index in [9.17, 15) is 0 Å². The molecule has 129 valence electrons. The molecule has 0 spiro atoms. The first-order valence-corrected chi connectivity index (χ1v) is 7.28. The summed E-state index contributed by atoms with van der Waals surface area (Å²) in [5.41, 5.74) is 0. The van der Waals surface area contributed by atoms with Crippen LogP contribution in [0.3, 0.4) is 0 Å². The van der Waals surface area contributed by atoms with Crippen molar-refractivity contribution in [3.05, 3.63) is 38.0 Å². The third kappa shape index (κ3) is 4.51. The van der Waals surface area contributed by atoms with Gasteiger partial charge in [-0.25, -0.2) is 9.97 Å². The van der Waals surface area contributed by atoms with Crippen molar-refractivity contribution >= 4 is 35.7 Å². The van der Waals surface area contributed by atoms with Crippen molar-refractivity contribution in [2.24, 2.45) is 0 Å². The molecule has 0 atom stereocenters. The summed E-state index contributed by atoms with van der Waals surface area (Å²) in [6, 6.07) is 0. The molecule has 0 saturated carbocycles. The van der Waals surface area contributed by atoms with Crippen molar-refractivity contribution in [3.8, 4) is 0 Å². The zero-order valence-corrected chi connectivity index (χ0v) is 13.3. The second kappa shape index (κ2) is 7.87. The van der Waals surface area contributed by atoms with Gasteiger partial charge in [-0.15, -0.1) is 0 Å². The number of hydrogen-bond donors (Lipinski definition) is 3. The maximum Gasteiger partial charge on any atom is 0.393 e. The van der Waals surface area contributed by atoms with Crippen LogP contribution in [0.25, 0.3) is 0 Å². The van der Waals surface area contributed by atoms with E-state index in [2.05, 4.69) is 75.8 Å². The topological polar surface area (TPSA) is 201 Å². The summed E-state index contributed by atoms with van der Waals surface area (Å²) >= 11 is 0. The van der Waals surface area contributed by atoms with Crippen molar-refractivity contribution < 1.29 is 16.0 Å². The predicted molar refractivity (Wildman–Crippen MR) is 80.2 cm³/mol. The van der Waals surface area contributed by atoms with E-state index in [1.165, 1.54) is 38.0 Å². The van der Waals surface area contributed by atoms with E-state index >= 15 is 0 Å². The second-order valence-electron chi connectivity index (χ2n) is 4.56. The van der Waals surface area contributed by atoms with E-state index in [4.69, 9.17) is 0 Å². The minimum Gasteiger partial charge on any atom is -0.224 e. The number of hydrogen-bond acceptors (Lipinski definition) is 15. The molecule has 4 aromatic rings. The first kappa shape index (κ1) is 16.4. The molecule has 0 amide bonds. The fourth-order valence-electron chi connectivity index (χ4n) is 1.74. The number of aromatic nitrogens is 12. The molecule has 3 radical (unpaired) electrons. The smallest absolute Gasteiger partial charge is 0.224 e. The highest BCUT2D eigenvalue weighted by Crippen LogP contribution is 1.96. The number of nitrogens with zero attached hydrogens (tertiary/aromatic N) is 12. The average Bonchev–Trinajstić information content (AvgIpc) is 2.70. The third-order valence-corrected chi connectivity index (χ3v) is 2.80. The van der Waals surface area contributed by atoms with Gasteiger partial charge in [0.05, 0.1) is 0 Å². The van der Waals surface area contributed by atoms with Gasteiger partial charge in [-0.2, -0.15) is 39.9 Å². The largest absolute Gasteiger partial charge is 0.393 e. The van der Waals surface area contributed by atoms with Gasteiger partial charge >= 0.3 is 35.7 Å². The van der Waals surface area contributed by atoms with Crippen molar-refractivity contribution in [2.45, 2.75) is 0 Å². The maximum absolute atomic E-state index is 4.18. The minimum absolute atomic E-state index is 0.207. The fraction of sp³-hybridized carbons (Fsp3) is 0. The van der Waals surface area contributed by atoms with Gasteiger partial charge in [0.1, 0.15) is 38.0 Å². The summed E-state index contributed by atoms with van der Waals surface area (Å²) in [5, 5.41) is 8.49. The van der Waals surface area contributed by atoms with Crippen molar-refractivity contribution in [3.63, 3.8) is 0 Å². The van der Waals surface area contributed by atoms with Gasteiger partial charge in [-0.05, 0) is 16.0 Å². The molecule has 4 heterocycles. The zero-order chi connectivity index (χ0) is 18.3. The third-order valence-electron chi connectivity index (χ3n) is 2.80. The van der Waals surface area contributed by atoms with Crippen molar-refractivity contribution in [1.82, 2.24) is 59.8 Å². The maximum atomic E-state index is 4.18. The van der Waals surface area contributed by atoms with Gasteiger partial charge in [0.25, 0.3) is 0 Å². The van der Waals surface area contributed by atoms with Crippen LogP contribution in [0.15, 0.2) is 38.0 Å². The Morgan fingerprint density at radius 1 is 0.370 bits per heavy atom. The normalized spacial score (nSPS) is 10.7. The van der Waals surface area contributed by atoms with E-state index in [1.54, 1.807) is 0 Å². The Kier molecular flexibility index (Phi) is 4.78. The molecule has 3 N–H and O–H groups in total. The lowest BCUT2D eigenvalue weighted by Gasteiger charge is -1.93. The van der Waals surface area contributed by atoms with Crippen LogP contribution in [-0.4, -0.2) is 59.8 Å². The predicted octanol–water partition coefficient (Wildman–Crippen LogP) is -4.64. The second-order valence-corrected chi connectivity index (χ2v) is 4.56. The Morgan fingerprint density at radius 2 is 0.667 bits per heavy atom. The molecule has 4 aromatic heterocycles. The van der Waals surface area contributed by atoms with Crippen LogP contribution in [0.1, 0.15) is 0 Å². The van der Waals surface area contributed by atoms with E-state index in [0.717, 1.165) is 0 Å². The molecule has 0 bridgehead atoms. The molecule has 0 saturated heterocycles. The Hall–Kier alpha value is -4.08. The summed E-state index contributed by atoms with van der Waals surface area (Å²) in [4.78, 5) is 47.5. The molecule has 27 heavy (non-hydrogen) atoms. The first-order chi connectivity index (χ1) is 13.3. The van der Waals surface area contributed by atoms with Gasteiger partial charge in [-0.1, -0.05) is 9.97 Å². The minimum atomic E-state index is 0.207. The highest BCUT2D eigenvalue weighted by atomic mass is 15.3. The van der Waals surface area contributed by atoms with Gasteiger partial charge in [-0.3, -0.25) is 0 Å². The lowest BCUT2D eigenvalue weighted by atomic mass is 10.7. The standard InChI is InChI=1S/C12H9N15/c1-13-2-16-7(15-1)23-9-19-5-21-11(25-9)27-12-22-6-20-10(26-12)24-8-17-3-14-4-18-8/h1-6,23-24,27H/q+3. The molecular formula is C12H9N15+3. The van der Waals surface area contributed by atoms with Crippen LogP contribution in [0, 0.1) is 0 Å². The van der Waals surface area contributed by atoms with E-state index in [0.29, 0.717) is 11.9 Å². The van der Waals surface area contributed by atoms with Crippen LogP contribution >= 0.6 is 0 Å². The average molecular weight is 363 g/mol. The first-order valence-electron chi connectivity index (χ1n) is 7.28. The molecule has 0 fully saturated rings. The monoisotopic (exact) mass is 363 g/mol. The number of rotatable bonds is 6. The van der Waals surface area contributed by atoms with E-state index < -0.39 is 0 Å². The van der Waals surface area contributed by atoms with Gasteiger partial charge in [0.2, 0.25) is 0 Å². The Labute approximate surface area is 150 Å². The zero-order valence-electron chi connectivity index (χ0n) is 13.3. The number of anilines is 6. The van der Waals surface area contributed by atoms with Crippen LogP contribution in [0.5, 0.6) is 0 Å². The van der Waals surface area contributed by atoms with Crippen LogP contribution < -0.4 is 16.0 Å². The summed E-state index contributed by atoms with van der Waals surface area (Å²) in [5.74, 6) is 1.47. The lowest BCUT2D eigenvalue weighted by molar-refractivity contribution is -0.514. The molecule has 0 aliphatic carbocycles. The molecule has 4 rings (SSSR count). The summed E-state index contributed by atoms with van der Waals surface area (Å²) in [7, 11) is 0. The molecule has 0 aliphatic rings. The van der Waals surface area contributed by atoms with Crippen LogP contribution in [0.4, 0.5) is 35.7 Å². The Morgan fingerprint density at radius 3 is 1.04 bits per heavy atom. The van der Waals surface area contributed by atoms with Gasteiger partial charge < -0.3 is 0 Å². The molecule has 0 aliphatic heterocycles. The molecule has 15 heteroatoms. The molecule has 0 unspecified atom stereocenters. The summed E-state index contributed by atoms with van der Waals surface area (Å²) in [6.45, 7) is 0. The number of nitrogens with one attached hydrogen (secondary N) is 3. The Bertz CT molecular complexity index is 928. The molecule has 0 aromatic carbocycles.